The number of benzene rings is 1. The molecule has 1 N–H and O–H groups in total. The molecule has 2 aromatic rings. The van der Waals surface area contributed by atoms with E-state index in [1.165, 1.54) is 0 Å². The number of halogens is 2. The Morgan fingerprint density at radius 1 is 1.35 bits per heavy atom. The first-order chi connectivity index (χ1) is 8.11. The van der Waals surface area contributed by atoms with E-state index in [4.69, 9.17) is 11.6 Å². The van der Waals surface area contributed by atoms with Crippen molar-refractivity contribution in [2.75, 3.05) is 12.4 Å². The summed E-state index contributed by atoms with van der Waals surface area (Å²) in [7, 11) is 1.82. The van der Waals surface area contributed by atoms with Crippen LogP contribution in [0.2, 0.25) is 5.02 Å². The summed E-state index contributed by atoms with van der Waals surface area (Å²) in [6.45, 7) is 1.97. The van der Waals surface area contributed by atoms with Gasteiger partial charge in [-0.05, 0) is 34.5 Å². The van der Waals surface area contributed by atoms with Crippen molar-refractivity contribution in [1.29, 1.82) is 0 Å². The Labute approximate surface area is 113 Å². The fourth-order valence-corrected chi connectivity index (χ4v) is 1.98. The van der Waals surface area contributed by atoms with E-state index < -0.39 is 0 Å². The number of anilines is 1. The molecular weight excluding hydrogens is 302 g/mol. The second-order valence-corrected chi connectivity index (χ2v) is 4.87. The molecule has 1 aromatic carbocycles. The number of nitrogens with one attached hydrogen (secondary N) is 1. The molecule has 0 aliphatic carbocycles. The van der Waals surface area contributed by atoms with Gasteiger partial charge in [-0.2, -0.15) is 0 Å². The minimum atomic E-state index is 0.652. The largest absolute Gasteiger partial charge is 0.372 e. The Bertz CT molecular complexity index is 557. The summed E-state index contributed by atoms with van der Waals surface area (Å²) in [5, 5.41) is 3.72. The van der Waals surface area contributed by atoms with Crippen LogP contribution >= 0.6 is 27.5 Å². The zero-order valence-electron chi connectivity index (χ0n) is 9.46. The lowest BCUT2D eigenvalue weighted by Gasteiger charge is -2.06. The van der Waals surface area contributed by atoms with Crippen LogP contribution < -0.4 is 5.32 Å². The van der Waals surface area contributed by atoms with Crippen molar-refractivity contribution in [3.63, 3.8) is 0 Å². The van der Waals surface area contributed by atoms with Gasteiger partial charge in [-0.3, -0.25) is 0 Å². The summed E-state index contributed by atoms with van der Waals surface area (Å²) >= 11 is 9.46. The van der Waals surface area contributed by atoms with E-state index >= 15 is 0 Å². The third-order valence-electron chi connectivity index (χ3n) is 2.41. The number of nitrogens with zero attached hydrogens (tertiary/aromatic N) is 2. The normalized spacial score (nSPS) is 10.4. The summed E-state index contributed by atoms with van der Waals surface area (Å²) in [4.78, 5) is 8.68. The highest BCUT2D eigenvalue weighted by molar-refractivity contribution is 9.10. The molecule has 3 nitrogen and oxygen atoms in total. The minimum absolute atomic E-state index is 0.652. The third-order valence-corrected chi connectivity index (χ3v) is 3.40. The molecule has 0 spiro atoms. The van der Waals surface area contributed by atoms with Gasteiger partial charge in [0.2, 0.25) is 0 Å². The Hall–Kier alpha value is -1.13. The van der Waals surface area contributed by atoms with Gasteiger partial charge in [0.1, 0.15) is 5.82 Å². The lowest BCUT2D eigenvalue weighted by Crippen LogP contribution is -1.97. The van der Waals surface area contributed by atoms with Crippen LogP contribution in [0.4, 0.5) is 5.82 Å². The molecule has 1 aromatic heterocycles. The maximum absolute atomic E-state index is 6.09. The molecule has 1 heterocycles. The van der Waals surface area contributed by atoms with Crippen LogP contribution in [0.1, 0.15) is 5.56 Å². The third kappa shape index (κ3) is 2.58. The van der Waals surface area contributed by atoms with Crippen molar-refractivity contribution < 1.29 is 0 Å². The van der Waals surface area contributed by atoms with Crippen LogP contribution in [0.15, 0.2) is 28.9 Å². The van der Waals surface area contributed by atoms with Gasteiger partial charge in [-0.25, -0.2) is 9.97 Å². The molecule has 0 amide bonds. The number of aryl methyl sites for hydroxylation is 1. The van der Waals surface area contributed by atoms with Crippen molar-refractivity contribution in [3.05, 3.63) is 39.5 Å². The predicted octanol–water partition coefficient (Wildman–Crippen LogP) is 3.91. The Kier molecular flexibility index (Phi) is 3.64. The van der Waals surface area contributed by atoms with Crippen molar-refractivity contribution in [2.24, 2.45) is 0 Å². The van der Waals surface area contributed by atoms with Gasteiger partial charge in [0.05, 0.1) is 4.47 Å². The maximum atomic E-state index is 6.09. The highest BCUT2D eigenvalue weighted by atomic mass is 79.9. The van der Waals surface area contributed by atoms with E-state index in [0.29, 0.717) is 5.82 Å². The summed E-state index contributed by atoms with van der Waals surface area (Å²) in [6.07, 6.45) is 1.72. The molecule has 0 saturated heterocycles. The molecule has 2 rings (SSSR count). The van der Waals surface area contributed by atoms with Crippen LogP contribution in [0, 0.1) is 6.92 Å². The molecule has 0 saturated carbocycles. The van der Waals surface area contributed by atoms with E-state index in [0.717, 1.165) is 26.4 Å². The van der Waals surface area contributed by atoms with Crippen molar-refractivity contribution in [3.8, 4) is 11.4 Å². The highest BCUT2D eigenvalue weighted by Crippen LogP contribution is 2.26. The van der Waals surface area contributed by atoms with Gasteiger partial charge in [0.15, 0.2) is 5.82 Å². The topological polar surface area (TPSA) is 37.8 Å². The second kappa shape index (κ2) is 5.02. The fourth-order valence-electron chi connectivity index (χ4n) is 1.41. The zero-order valence-corrected chi connectivity index (χ0v) is 11.8. The van der Waals surface area contributed by atoms with Gasteiger partial charge in [0.25, 0.3) is 0 Å². The van der Waals surface area contributed by atoms with E-state index in [1.807, 2.05) is 32.2 Å². The molecule has 0 aliphatic heterocycles. The predicted molar refractivity (Wildman–Crippen MR) is 74.5 cm³/mol. The SMILES string of the molecule is CNc1nc(-c2ccc(C)c(Cl)c2)ncc1Br. The first-order valence-electron chi connectivity index (χ1n) is 5.08. The number of rotatable bonds is 2. The van der Waals surface area contributed by atoms with Crippen LogP contribution in [-0.2, 0) is 0 Å². The van der Waals surface area contributed by atoms with E-state index in [9.17, 15) is 0 Å². The minimum Gasteiger partial charge on any atom is -0.372 e. The zero-order chi connectivity index (χ0) is 12.4. The standard InChI is InChI=1S/C12H11BrClN3/c1-7-3-4-8(5-10(7)14)11-16-6-9(13)12(15-2)17-11/h3-6H,1-2H3,(H,15,16,17). The van der Waals surface area contributed by atoms with Gasteiger partial charge in [-0.1, -0.05) is 23.7 Å². The maximum Gasteiger partial charge on any atom is 0.161 e. The highest BCUT2D eigenvalue weighted by Gasteiger charge is 2.07. The molecule has 0 radical (unpaired) electrons. The van der Waals surface area contributed by atoms with Crippen molar-refractivity contribution in [2.45, 2.75) is 6.92 Å². The molecule has 0 bridgehead atoms. The molecule has 0 unspecified atom stereocenters. The molecular formula is C12H11BrClN3. The first-order valence-corrected chi connectivity index (χ1v) is 6.25. The van der Waals surface area contributed by atoms with Crippen LogP contribution in [0.3, 0.4) is 0 Å². The average Bonchev–Trinajstić information content (AvgIpc) is 2.33. The smallest absolute Gasteiger partial charge is 0.161 e. The number of aromatic nitrogens is 2. The molecule has 17 heavy (non-hydrogen) atoms. The molecule has 0 aliphatic rings. The quantitative estimate of drug-likeness (QED) is 0.913. The summed E-state index contributed by atoms with van der Waals surface area (Å²) in [6, 6.07) is 5.80. The Morgan fingerprint density at radius 3 is 2.76 bits per heavy atom. The molecule has 0 fully saturated rings. The number of hydrogen-bond acceptors (Lipinski definition) is 3. The number of hydrogen-bond donors (Lipinski definition) is 1. The molecule has 88 valence electrons. The average molecular weight is 313 g/mol. The second-order valence-electron chi connectivity index (χ2n) is 3.60. The fraction of sp³-hybridized carbons (Fsp3) is 0.167. The first kappa shape index (κ1) is 12.3. The van der Waals surface area contributed by atoms with Gasteiger partial charge >= 0.3 is 0 Å². The van der Waals surface area contributed by atoms with E-state index in [1.54, 1.807) is 6.20 Å². The monoisotopic (exact) mass is 311 g/mol. The Balaban J connectivity index is 2.49. The summed E-state index contributed by atoms with van der Waals surface area (Å²) in [5.41, 5.74) is 1.95. The van der Waals surface area contributed by atoms with Crippen LogP contribution in [0.25, 0.3) is 11.4 Å². The lowest BCUT2D eigenvalue weighted by atomic mass is 10.1. The van der Waals surface area contributed by atoms with Crippen LogP contribution in [0.5, 0.6) is 0 Å². The van der Waals surface area contributed by atoms with Crippen molar-refractivity contribution in [1.82, 2.24) is 9.97 Å². The lowest BCUT2D eigenvalue weighted by molar-refractivity contribution is 1.15. The van der Waals surface area contributed by atoms with Gasteiger partial charge < -0.3 is 5.32 Å². The Morgan fingerprint density at radius 2 is 2.12 bits per heavy atom. The van der Waals surface area contributed by atoms with Crippen LogP contribution in [-0.4, -0.2) is 17.0 Å². The van der Waals surface area contributed by atoms with Gasteiger partial charge in [0, 0.05) is 23.8 Å². The molecule has 0 atom stereocenters. The molecule has 5 heteroatoms. The summed E-state index contributed by atoms with van der Waals surface area (Å²) < 4.78 is 0.835. The van der Waals surface area contributed by atoms with Gasteiger partial charge in [-0.15, -0.1) is 0 Å². The summed E-state index contributed by atoms with van der Waals surface area (Å²) in [5.74, 6) is 1.41. The van der Waals surface area contributed by atoms with Crippen molar-refractivity contribution >= 4 is 33.3 Å². The van der Waals surface area contributed by atoms with E-state index in [-0.39, 0.29) is 0 Å². The van der Waals surface area contributed by atoms with E-state index in [2.05, 4.69) is 31.2 Å².